The first-order chi connectivity index (χ1) is 7.12. The standard InChI is InChI=1S/C11H20OS3/c1-10(12-6-9-13-10)4-5-11(2)14-7-3-8-15-11/h3-9H2,1-2H3. The molecule has 1 nitrogen and oxygen atoms in total. The van der Waals surface area contributed by atoms with Crippen molar-refractivity contribution in [3.63, 3.8) is 0 Å². The first-order valence-corrected chi connectivity index (χ1v) is 8.64. The van der Waals surface area contributed by atoms with Crippen LogP contribution in [0.2, 0.25) is 0 Å². The predicted octanol–water partition coefficient (Wildman–Crippen LogP) is 3.83. The third-order valence-electron chi connectivity index (χ3n) is 3.03. The Kier molecular flexibility index (Phi) is 4.25. The van der Waals surface area contributed by atoms with Gasteiger partial charge in [-0.05, 0) is 44.6 Å². The molecule has 1 atom stereocenters. The average molecular weight is 264 g/mol. The van der Waals surface area contributed by atoms with E-state index in [1.165, 1.54) is 36.5 Å². The third-order valence-corrected chi connectivity index (χ3v) is 7.66. The average Bonchev–Trinajstić information content (AvgIpc) is 2.65. The largest absolute Gasteiger partial charge is 0.364 e. The van der Waals surface area contributed by atoms with E-state index in [9.17, 15) is 0 Å². The van der Waals surface area contributed by atoms with E-state index < -0.39 is 0 Å². The highest BCUT2D eigenvalue weighted by Crippen LogP contribution is 2.48. The van der Waals surface area contributed by atoms with Gasteiger partial charge >= 0.3 is 0 Å². The van der Waals surface area contributed by atoms with Crippen molar-refractivity contribution in [3.05, 3.63) is 0 Å². The van der Waals surface area contributed by atoms with Gasteiger partial charge in [0.15, 0.2) is 0 Å². The second kappa shape index (κ2) is 5.11. The summed E-state index contributed by atoms with van der Waals surface area (Å²) in [5, 5.41) is 0. The van der Waals surface area contributed by atoms with Crippen LogP contribution >= 0.6 is 35.3 Å². The molecule has 0 aliphatic carbocycles. The molecule has 2 aliphatic heterocycles. The Morgan fingerprint density at radius 2 is 1.73 bits per heavy atom. The van der Waals surface area contributed by atoms with Gasteiger partial charge in [-0.3, -0.25) is 0 Å². The molecule has 1 unspecified atom stereocenters. The van der Waals surface area contributed by atoms with Gasteiger partial charge in [-0.1, -0.05) is 0 Å². The van der Waals surface area contributed by atoms with Crippen molar-refractivity contribution in [1.29, 1.82) is 0 Å². The summed E-state index contributed by atoms with van der Waals surface area (Å²) in [5.74, 6) is 3.86. The Balaban J connectivity index is 1.80. The van der Waals surface area contributed by atoms with E-state index in [4.69, 9.17) is 4.74 Å². The summed E-state index contributed by atoms with van der Waals surface area (Å²) in [5.41, 5.74) is 0. The first-order valence-electron chi connectivity index (χ1n) is 5.68. The molecular formula is C11H20OS3. The number of ether oxygens (including phenoxy) is 1. The SMILES string of the molecule is CC1(CCC2(C)SCCCS2)OCCS1. The Labute approximate surface area is 106 Å². The Hall–Kier alpha value is 1.01. The van der Waals surface area contributed by atoms with E-state index in [2.05, 4.69) is 37.4 Å². The molecule has 15 heavy (non-hydrogen) atoms. The fourth-order valence-electron chi connectivity index (χ4n) is 1.98. The van der Waals surface area contributed by atoms with E-state index in [0.29, 0.717) is 4.08 Å². The minimum Gasteiger partial charge on any atom is -0.364 e. The summed E-state index contributed by atoms with van der Waals surface area (Å²) in [6, 6.07) is 0. The molecule has 0 aromatic heterocycles. The van der Waals surface area contributed by atoms with Crippen molar-refractivity contribution in [1.82, 2.24) is 0 Å². The molecule has 0 spiro atoms. The smallest absolute Gasteiger partial charge is 0.111 e. The summed E-state index contributed by atoms with van der Waals surface area (Å²) >= 11 is 6.28. The first kappa shape index (κ1) is 12.5. The van der Waals surface area contributed by atoms with Crippen LogP contribution in [0.5, 0.6) is 0 Å². The second-order valence-corrected chi connectivity index (χ2v) is 9.53. The van der Waals surface area contributed by atoms with Crippen LogP contribution in [0.3, 0.4) is 0 Å². The van der Waals surface area contributed by atoms with Crippen molar-refractivity contribution < 1.29 is 4.74 Å². The summed E-state index contributed by atoms with van der Waals surface area (Å²) in [4.78, 5) is 0.113. The number of thioether (sulfide) groups is 3. The van der Waals surface area contributed by atoms with Crippen molar-refractivity contribution in [2.24, 2.45) is 0 Å². The fraction of sp³-hybridized carbons (Fsp3) is 1.00. The molecule has 2 aliphatic rings. The quantitative estimate of drug-likeness (QED) is 0.765. The maximum atomic E-state index is 5.82. The molecule has 0 N–H and O–H groups in total. The molecule has 2 rings (SSSR count). The van der Waals surface area contributed by atoms with Crippen LogP contribution in [0, 0.1) is 0 Å². The highest BCUT2D eigenvalue weighted by atomic mass is 32.2. The molecule has 0 amide bonds. The molecule has 2 heterocycles. The molecule has 2 fully saturated rings. The molecular weight excluding hydrogens is 244 g/mol. The zero-order valence-electron chi connectivity index (χ0n) is 9.58. The van der Waals surface area contributed by atoms with Crippen LogP contribution in [0.4, 0.5) is 0 Å². The summed E-state index contributed by atoms with van der Waals surface area (Å²) in [6.45, 7) is 5.61. The van der Waals surface area contributed by atoms with Crippen LogP contribution in [-0.4, -0.2) is 32.9 Å². The predicted molar refractivity (Wildman–Crippen MR) is 74.0 cm³/mol. The highest BCUT2D eigenvalue weighted by molar-refractivity contribution is 8.18. The van der Waals surface area contributed by atoms with Gasteiger partial charge in [-0.25, -0.2) is 0 Å². The van der Waals surface area contributed by atoms with Crippen molar-refractivity contribution >= 4 is 35.3 Å². The molecule has 0 bridgehead atoms. The molecule has 0 saturated carbocycles. The monoisotopic (exact) mass is 264 g/mol. The van der Waals surface area contributed by atoms with E-state index in [1.807, 2.05) is 11.8 Å². The molecule has 0 aromatic rings. The van der Waals surface area contributed by atoms with Gasteiger partial charge in [0.05, 0.1) is 10.7 Å². The third kappa shape index (κ3) is 3.48. The normalized spacial score (nSPS) is 35.6. The number of hydrogen-bond donors (Lipinski definition) is 0. The van der Waals surface area contributed by atoms with E-state index >= 15 is 0 Å². The van der Waals surface area contributed by atoms with E-state index in [-0.39, 0.29) is 4.93 Å². The van der Waals surface area contributed by atoms with Crippen molar-refractivity contribution in [2.45, 2.75) is 42.1 Å². The highest BCUT2D eigenvalue weighted by Gasteiger charge is 2.35. The van der Waals surface area contributed by atoms with Crippen molar-refractivity contribution in [2.75, 3.05) is 23.9 Å². The lowest BCUT2D eigenvalue weighted by atomic mass is 10.1. The number of rotatable bonds is 3. The lowest BCUT2D eigenvalue weighted by Crippen LogP contribution is -2.27. The maximum Gasteiger partial charge on any atom is 0.111 e. The fourth-order valence-corrected chi connectivity index (χ4v) is 5.94. The Bertz CT molecular complexity index is 208. The minimum absolute atomic E-state index is 0.113. The van der Waals surface area contributed by atoms with Gasteiger partial charge < -0.3 is 4.74 Å². The van der Waals surface area contributed by atoms with Crippen LogP contribution in [0.1, 0.15) is 33.1 Å². The lowest BCUT2D eigenvalue weighted by molar-refractivity contribution is 0.0576. The zero-order valence-corrected chi connectivity index (χ0v) is 12.0. The van der Waals surface area contributed by atoms with E-state index in [0.717, 1.165) is 6.61 Å². The molecule has 2 saturated heterocycles. The van der Waals surface area contributed by atoms with Gasteiger partial charge in [0.2, 0.25) is 0 Å². The summed E-state index contributed by atoms with van der Waals surface area (Å²) in [7, 11) is 0. The topological polar surface area (TPSA) is 9.23 Å². The molecule has 88 valence electrons. The van der Waals surface area contributed by atoms with Crippen LogP contribution < -0.4 is 0 Å². The van der Waals surface area contributed by atoms with Crippen LogP contribution in [0.15, 0.2) is 0 Å². The van der Waals surface area contributed by atoms with Gasteiger partial charge in [-0.15, -0.1) is 35.3 Å². The Morgan fingerprint density at radius 1 is 1.00 bits per heavy atom. The second-order valence-electron chi connectivity index (χ2n) is 4.52. The van der Waals surface area contributed by atoms with Gasteiger partial charge in [-0.2, -0.15) is 0 Å². The molecule has 0 radical (unpaired) electrons. The van der Waals surface area contributed by atoms with Crippen LogP contribution in [-0.2, 0) is 4.74 Å². The van der Waals surface area contributed by atoms with Crippen molar-refractivity contribution in [3.8, 4) is 0 Å². The van der Waals surface area contributed by atoms with Gasteiger partial charge in [0, 0.05) is 5.75 Å². The summed E-state index contributed by atoms with van der Waals surface area (Å²) < 4.78 is 6.27. The number of hydrogen-bond acceptors (Lipinski definition) is 4. The summed E-state index contributed by atoms with van der Waals surface area (Å²) in [6.07, 6.45) is 3.87. The van der Waals surface area contributed by atoms with E-state index in [1.54, 1.807) is 0 Å². The molecule has 0 aromatic carbocycles. The maximum absolute atomic E-state index is 5.82. The zero-order chi connectivity index (χ0) is 10.8. The van der Waals surface area contributed by atoms with Gasteiger partial charge in [0.25, 0.3) is 0 Å². The van der Waals surface area contributed by atoms with Gasteiger partial charge in [0.1, 0.15) is 4.93 Å². The molecule has 4 heteroatoms. The Morgan fingerprint density at radius 3 is 2.33 bits per heavy atom. The van der Waals surface area contributed by atoms with Crippen LogP contribution in [0.25, 0.3) is 0 Å². The lowest BCUT2D eigenvalue weighted by Gasteiger charge is -2.35. The minimum atomic E-state index is 0.113.